The summed E-state index contributed by atoms with van der Waals surface area (Å²) in [6, 6.07) is 77.7. The molecule has 568 valence electrons. The summed E-state index contributed by atoms with van der Waals surface area (Å²) >= 11 is 0. The molecule has 1 heterocycles. The minimum Gasteiger partial charge on any atom is -0.508 e. The maximum absolute atomic E-state index is 10.3. The molecule has 0 fully saturated rings. The summed E-state index contributed by atoms with van der Waals surface area (Å²) < 4.78 is 272. The van der Waals surface area contributed by atoms with Crippen LogP contribution in [0.4, 0.5) is 34.1 Å². The van der Waals surface area contributed by atoms with E-state index in [0.717, 1.165) is 76.2 Å². The summed E-state index contributed by atoms with van der Waals surface area (Å²) in [7, 11) is 0. The molecule has 0 aliphatic carbocycles. The zero-order valence-corrected chi connectivity index (χ0v) is 63.6. The Hall–Kier alpha value is -15.9. The highest BCUT2D eigenvalue weighted by Crippen LogP contribution is 2.47. The number of nitrogens with zero attached hydrogens (tertiary/aromatic N) is 2. The Balaban J connectivity index is 0.000000142. The van der Waals surface area contributed by atoms with Crippen molar-refractivity contribution >= 4 is 77.6 Å². The molecule has 0 unspecified atom stereocenters. The van der Waals surface area contributed by atoms with Crippen LogP contribution >= 0.6 is 0 Å². The van der Waals surface area contributed by atoms with Crippen molar-refractivity contribution in [2.75, 3.05) is 9.80 Å². The first kappa shape index (κ1) is 47.2. The third kappa shape index (κ3) is 15.9. The number of fused-ring (bicyclic) bond motifs is 5. The Kier molecular flexibility index (Phi) is 13.5. The third-order valence-corrected chi connectivity index (χ3v) is 20.3. The molecule has 0 aliphatic rings. The number of hydrogen-bond acceptors (Lipinski definition) is 4. The van der Waals surface area contributed by atoms with E-state index in [0.29, 0.717) is 56.0 Å². The Bertz CT molecular complexity index is 8340. The smallest absolute Gasteiger partial charge is 0.135 e. The van der Waals surface area contributed by atoms with Crippen molar-refractivity contribution in [3.8, 4) is 117 Å². The number of furan rings is 1. The number of rotatable bonds is 16. The van der Waals surface area contributed by atoms with E-state index in [9.17, 15) is 5.11 Å². The van der Waals surface area contributed by atoms with E-state index in [4.69, 9.17) is 46.9 Å². The maximum Gasteiger partial charge on any atom is 0.135 e. The van der Waals surface area contributed by atoms with Gasteiger partial charge in [-0.15, -0.1) is 0 Å². The third-order valence-electron chi connectivity index (χ3n) is 20.3. The van der Waals surface area contributed by atoms with Gasteiger partial charge in [-0.05, 0) is 248 Å². The van der Waals surface area contributed by atoms with Crippen LogP contribution in [-0.2, 0) is 0 Å². The molecule has 0 radical (unpaired) electrons. The molecule has 0 bridgehead atoms. The highest BCUT2D eigenvalue weighted by Gasteiger charge is 2.21. The molecule has 0 aliphatic heterocycles. The summed E-state index contributed by atoms with van der Waals surface area (Å²) in [5.74, 6) is -0.708. The molecule has 0 saturated carbocycles. The van der Waals surface area contributed by atoms with E-state index in [1.165, 1.54) is 5.56 Å². The van der Waals surface area contributed by atoms with E-state index in [-0.39, 0.29) is 93.3 Å². The lowest BCUT2D eigenvalue weighted by molar-refractivity contribution is 0.475. The van der Waals surface area contributed by atoms with Crippen LogP contribution in [0.2, 0.25) is 0 Å². The highest BCUT2D eigenvalue weighted by molar-refractivity contribution is 6.22. The summed E-state index contributed by atoms with van der Waals surface area (Å²) in [5.41, 5.74) is 11.2. The van der Waals surface area contributed by atoms with Gasteiger partial charge >= 0.3 is 0 Å². The molecule has 4 heteroatoms. The Morgan fingerprint density at radius 3 is 0.858 bits per heavy atom. The molecular weight excluding hydrogens is 1450 g/mol. The molecule has 4 nitrogen and oxygen atoms in total. The average molecular weight is 1570 g/mol. The molecule has 20 aromatic carbocycles. The number of aromatic hydroxyl groups is 1. The lowest BCUT2D eigenvalue weighted by Gasteiger charge is -2.26. The van der Waals surface area contributed by atoms with Gasteiger partial charge in [-0.25, -0.2) is 0 Å². The fourth-order valence-electron chi connectivity index (χ4n) is 14.6. The number of phenolic OH excluding ortho intramolecular Hbond substituents is 1. The van der Waals surface area contributed by atoms with Gasteiger partial charge in [-0.3, -0.25) is 0 Å². The Labute approximate surface area is 744 Å². The monoisotopic (exact) mass is 1570 g/mol. The molecule has 0 atom stereocenters. The highest BCUT2D eigenvalue weighted by atomic mass is 16.3. The number of phenols is 1. The topological polar surface area (TPSA) is 39.9 Å². The molecular formula is C116H82N2O2. The van der Waals surface area contributed by atoms with Crippen molar-refractivity contribution in [1.82, 2.24) is 0 Å². The van der Waals surface area contributed by atoms with Crippen LogP contribution in [0, 0.1) is 0 Å². The van der Waals surface area contributed by atoms with Crippen molar-refractivity contribution in [1.29, 1.82) is 0 Å². The normalized spacial score (nSPS) is 14.7. The van der Waals surface area contributed by atoms with Gasteiger partial charge in [-0.1, -0.05) is 376 Å². The van der Waals surface area contributed by atoms with Gasteiger partial charge < -0.3 is 19.3 Å². The lowest BCUT2D eigenvalue weighted by atomic mass is 9.86. The Morgan fingerprint density at radius 1 is 0.183 bits per heavy atom. The van der Waals surface area contributed by atoms with Crippen LogP contribution in [0.3, 0.4) is 0 Å². The van der Waals surface area contributed by atoms with Crippen molar-refractivity contribution in [3.05, 3.63) is 491 Å². The first-order valence-corrected chi connectivity index (χ1v) is 38.3. The van der Waals surface area contributed by atoms with E-state index in [1.54, 1.807) is 169 Å². The van der Waals surface area contributed by atoms with Gasteiger partial charge in [-0.2, -0.15) is 0 Å². The van der Waals surface area contributed by atoms with Crippen molar-refractivity contribution in [3.63, 3.8) is 0 Å². The summed E-state index contributed by atoms with van der Waals surface area (Å²) in [4.78, 5) is 2.62. The van der Waals surface area contributed by atoms with Crippen LogP contribution in [-0.4, -0.2) is 5.11 Å². The van der Waals surface area contributed by atoms with Gasteiger partial charge in [0.05, 0.1) is 42.5 Å². The second kappa shape index (κ2) is 34.3. The van der Waals surface area contributed by atoms with Gasteiger partial charge in [0.25, 0.3) is 0 Å². The molecule has 0 saturated heterocycles. The first-order chi connectivity index (χ1) is 72.3. The van der Waals surface area contributed by atoms with Gasteiger partial charge in [0.15, 0.2) is 0 Å². The van der Waals surface area contributed by atoms with Gasteiger partial charge in [0.2, 0.25) is 0 Å². The van der Waals surface area contributed by atoms with E-state index in [1.807, 2.05) is 66.7 Å². The predicted octanol–water partition coefficient (Wildman–Crippen LogP) is 32.6. The van der Waals surface area contributed by atoms with Crippen molar-refractivity contribution < 1.29 is 52.0 Å². The number of benzene rings is 20. The molecule has 1 aromatic heterocycles. The zero-order valence-electron chi connectivity index (χ0n) is 94.6. The number of hydrogen-bond donors (Lipinski definition) is 1. The second-order valence-corrected chi connectivity index (χ2v) is 27.6. The van der Waals surface area contributed by atoms with Crippen LogP contribution in [0.5, 0.6) is 5.75 Å². The fourth-order valence-corrected chi connectivity index (χ4v) is 14.6. The van der Waals surface area contributed by atoms with Crippen LogP contribution in [0.15, 0.2) is 495 Å². The van der Waals surface area contributed by atoms with Crippen LogP contribution in [0.1, 0.15) is 42.5 Å². The summed E-state index contributed by atoms with van der Waals surface area (Å²) in [6.07, 6.45) is 0. The summed E-state index contributed by atoms with van der Waals surface area (Å²) in [5, 5.41) is 15.8. The van der Waals surface area contributed by atoms with E-state index < -0.39 is 156 Å². The minimum absolute atomic E-state index is 0.0254. The molecule has 120 heavy (non-hydrogen) atoms. The average Bonchev–Trinajstić information content (AvgIpc) is 1.72. The van der Waals surface area contributed by atoms with Gasteiger partial charge in [0, 0.05) is 44.9 Å². The SMILES string of the molecule is [2H]c1c([2H])c(N(c2c([2H])c([2H])c(-c3ccccc3)c([2H])c2[2H])c2c([2H])c([2H])c(-c3ccccc3)c([2H])c2[2H])c([2H])c([2H])c1-c1ccccc1.[2H]c1c([2H])c([2H])c(-c2c3ccccc3c(-c3ccc4oc5ccc(-c6cccc(-c7ccccc7)c6)cc5c4c3)c3ccccc23)c([2H])c1[2H].[2H]c1c([2H])c([2H])c(-c2ccc(N(c3ccc(-c4c([2H])c([2H])c([2H])c([2H])c4[2H])cc3)c3ccc(-c4c([2H])c([2H])c([2H])c(O)c4[2H])cc3)cc2)c([2H])c1[2H]. The standard InChI is InChI=1S/C44H28O.C36H27NO.C36H27N/c1-3-12-29(13-4-1)31-16-11-17-32(26-31)33-22-24-41-39(27-33)40-28-34(23-25-42(40)45-41)44-37-20-9-7-18-35(37)43(30-14-5-2-6-15-30)36-19-8-10-21-38(36)44;38-36-13-7-12-32(26-36)31-18-24-35(25-19-31)37(33-20-14-29(15-21-33)27-8-3-1-4-9-27)34-22-16-30(17-23-34)28-10-5-2-6-11-28;1-4-10-28(11-5-1)31-16-22-34(23-17-31)37(35-24-18-32(19-25-35)29-12-6-2-7-13-29)36-26-20-33(21-27-36)30-14-8-3-9-15-30/h1-28H;1-26,38H;1-27H/i2D,5D,6D,14D,15D;1D,2D,3D,4D,5D,6D,7D,8D,9D,10D,11D,12D,13D,26D;16D,17D,18D,19D,20D,21D,22D,23D,24D,25D,26D,27D. The Morgan fingerprint density at radius 2 is 0.458 bits per heavy atom. The lowest BCUT2D eigenvalue weighted by Crippen LogP contribution is -2.09. The predicted molar refractivity (Wildman–Crippen MR) is 507 cm³/mol. The zero-order chi connectivity index (χ0) is 107. The van der Waals surface area contributed by atoms with Crippen molar-refractivity contribution in [2.24, 2.45) is 0 Å². The molecule has 0 amide bonds. The van der Waals surface area contributed by atoms with Crippen LogP contribution < -0.4 is 9.80 Å². The van der Waals surface area contributed by atoms with E-state index in [2.05, 4.69) is 72.8 Å². The maximum atomic E-state index is 10.3. The van der Waals surface area contributed by atoms with Gasteiger partial charge in [0.1, 0.15) is 16.9 Å². The largest absolute Gasteiger partial charge is 0.508 e. The molecule has 0 spiro atoms. The minimum atomic E-state index is -0.708. The quantitative estimate of drug-likeness (QED) is 0.0979. The molecule has 1 N–H and O–H groups in total. The second-order valence-electron chi connectivity index (χ2n) is 27.6. The summed E-state index contributed by atoms with van der Waals surface area (Å²) in [6.45, 7) is 0. The fraction of sp³-hybridized carbons (Fsp3) is 0. The number of anilines is 6. The van der Waals surface area contributed by atoms with Crippen molar-refractivity contribution in [2.45, 2.75) is 0 Å². The van der Waals surface area contributed by atoms with Crippen LogP contribution in [0.25, 0.3) is 155 Å². The first-order valence-electron chi connectivity index (χ1n) is 53.8. The molecule has 21 rings (SSSR count). The van der Waals surface area contributed by atoms with E-state index >= 15 is 0 Å². The molecule has 21 aromatic rings.